The van der Waals surface area contributed by atoms with Gasteiger partial charge in [0.05, 0.1) is 25.3 Å². The van der Waals surface area contributed by atoms with E-state index in [0.717, 1.165) is 0 Å². The molecule has 0 spiro atoms. The number of carboxylic acids is 1. The Morgan fingerprint density at radius 3 is 2.49 bits per heavy atom. The molecule has 1 aromatic heterocycles. The second-order valence-electron chi connectivity index (χ2n) is 9.27. The van der Waals surface area contributed by atoms with Crippen LogP contribution in [0.2, 0.25) is 0 Å². The zero-order valence-electron chi connectivity index (χ0n) is 21.6. The molecule has 4 atom stereocenters. The number of hydrogen-bond acceptors (Lipinski definition) is 9. The molecule has 16 nitrogen and oxygen atoms in total. The van der Waals surface area contributed by atoms with Crippen molar-refractivity contribution in [2.24, 2.45) is 17.2 Å². The maximum atomic E-state index is 13.0. The zero-order valence-corrected chi connectivity index (χ0v) is 21.6. The van der Waals surface area contributed by atoms with Gasteiger partial charge in [0, 0.05) is 24.9 Å². The monoisotopic (exact) mass is 551 g/mol. The highest BCUT2D eigenvalue weighted by atomic mass is 16.4. The molecule has 1 aliphatic rings. The van der Waals surface area contributed by atoms with Gasteiger partial charge in [-0.15, -0.1) is 0 Å². The van der Waals surface area contributed by atoms with Crippen molar-refractivity contribution in [2.45, 2.75) is 69.1 Å². The van der Waals surface area contributed by atoms with E-state index in [1.165, 1.54) is 17.4 Å². The molecule has 1 fully saturated rings. The summed E-state index contributed by atoms with van der Waals surface area (Å²) < 4.78 is 0. The Labute approximate surface area is 224 Å². The average Bonchev–Trinajstić information content (AvgIpc) is 3.58. The van der Waals surface area contributed by atoms with E-state index in [4.69, 9.17) is 17.2 Å². The molecule has 0 bridgehead atoms. The van der Waals surface area contributed by atoms with Gasteiger partial charge in [-0.05, 0) is 38.6 Å². The number of carboxylic acid groups (broad SMARTS) is 1. The van der Waals surface area contributed by atoms with E-state index in [1.807, 2.05) is 0 Å². The molecule has 0 saturated carbocycles. The number of likely N-dealkylation sites (tertiary alicyclic amines) is 1. The summed E-state index contributed by atoms with van der Waals surface area (Å²) in [5.41, 5.74) is 17.2. The number of nitrogens with one attached hydrogen (secondary N) is 4. The summed E-state index contributed by atoms with van der Waals surface area (Å²) in [5, 5.41) is 16.6. The van der Waals surface area contributed by atoms with Crippen LogP contribution in [0.5, 0.6) is 0 Å². The summed E-state index contributed by atoms with van der Waals surface area (Å²) in [6.07, 6.45) is 4.49. The first kappa shape index (κ1) is 31.2. The van der Waals surface area contributed by atoms with Gasteiger partial charge < -0.3 is 48.1 Å². The van der Waals surface area contributed by atoms with E-state index in [1.54, 1.807) is 0 Å². The van der Waals surface area contributed by atoms with Gasteiger partial charge in [0.1, 0.15) is 18.1 Å². The first-order valence-electron chi connectivity index (χ1n) is 12.6. The lowest BCUT2D eigenvalue weighted by molar-refractivity contribution is -0.143. The Hall–Kier alpha value is -4.05. The average molecular weight is 552 g/mol. The topological polar surface area (TPSA) is 269 Å². The van der Waals surface area contributed by atoms with Crippen LogP contribution < -0.4 is 33.2 Å². The molecule has 0 unspecified atom stereocenters. The first-order chi connectivity index (χ1) is 18.5. The van der Waals surface area contributed by atoms with E-state index < -0.39 is 72.6 Å². The highest BCUT2D eigenvalue weighted by Gasteiger charge is 2.37. The van der Waals surface area contributed by atoms with Gasteiger partial charge in [-0.2, -0.15) is 0 Å². The van der Waals surface area contributed by atoms with Crippen LogP contribution >= 0.6 is 0 Å². The molecule has 0 radical (unpaired) electrons. The minimum atomic E-state index is -1.44. The zero-order chi connectivity index (χ0) is 28.9. The van der Waals surface area contributed by atoms with Gasteiger partial charge in [-0.25, -0.2) is 9.78 Å². The molecule has 216 valence electrons. The van der Waals surface area contributed by atoms with Gasteiger partial charge in [0.15, 0.2) is 0 Å². The molecule has 16 heteroatoms. The van der Waals surface area contributed by atoms with Gasteiger partial charge >= 0.3 is 5.97 Å². The Bertz CT molecular complexity index is 1020. The van der Waals surface area contributed by atoms with E-state index in [0.29, 0.717) is 31.5 Å². The van der Waals surface area contributed by atoms with Crippen LogP contribution in [-0.4, -0.2) is 99.3 Å². The first-order valence-corrected chi connectivity index (χ1v) is 12.6. The predicted molar refractivity (Wildman–Crippen MR) is 136 cm³/mol. The third-order valence-corrected chi connectivity index (χ3v) is 6.22. The lowest BCUT2D eigenvalue weighted by Crippen LogP contribution is -2.57. The number of primary amides is 1. The van der Waals surface area contributed by atoms with Gasteiger partial charge in [-0.3, -0.25) is 24.0 Å². The third kappa shape index (κ3) is 9.97. The number of imidazole rings is 1. The number of aliphatic carboxylic acids is 1. The molecular weight excluding hydrogens is 514 g/mol. The summed E-state index contributed by atoms with van der Waals surface area (Å²) in [5.74, 6) is -4.86. The molecule has 11 N–H and O–H groups in total. The van der Waals surface area contributed by atoms with Crippen molar-refractivity contribution in [3.63, 3.8) is 0 Å². The molecule has 0 aromatic carbocycles. The summed E-state index contributed by atoms with van der Waals surface area (Å²) in [6, 6.07) is -4.57. The van der Waals surface area contributed by atoms with Crippen molar-refractivity contribution in [2.75, 3.05) is 19.6 Å². The Morgan fingerprint density at radius 2 is 1.87 bits per heavy atom. The summed E-state index contributed by atoms with van der Waals surface area (Å²) in [4.78, 5) is 81.9. The SMILES string of the molecule is NCCCC[C@H](NC(=O)[C@H](CC(N)=O)NC(=O)[C@@H]1CCCN1C(=O)CNC(=O)[C@@H](N)Cc1cnc[nH]1)C(=O)O. The largest absolute Gasteiger partial charge is 0.480 e. The second kappa shape index (κ2) is 15.4. The summed E-state index contributed by atoms with van der Waals surface area (Å²) >= 11 is 0. The van der Waals surface area contributed by atoms with E-state index in [-0.39, 0.29) is 25.8 Å². The number of rotatable bonds is 16. The van der Waals surface area contributed by atoms with Crippen molar-refractivity contribution in [3.8, 4) is 0 Å². The molecule has 1 aliphatic heterocycles. The quantitative estimate of drug-likeness (QED) is 0.0936. The number of aromatic nitrogens is 2. The predicted octanol–water partition coefficient (Wildman–Crippen LogP) is -3.55. The number of unbranched alkanes of at least 4 members (excludes halogenated alkanes) is 1. The lowest BCUT2D eigenvalue weighted by Gasteiger charge is -2.27. The van der Waals surface area contributed by atoms with Gasteiger partial charge in [0.25, 0.3) is 0 Å². The van der Waals surface area contributed by atoms with Crippen LogP contribution in [0.3, 0.4) is 0 Å². The fourth-order valence-electron chi connectivity index (χ4n) is 4.16. The molecule has 5 amide bonds. The van der Waals surface area contributed by atoms with E-state index in [2.05, 4.69) is 25.9 Å². The van der Waals surface area contributed by atoms with Crippen LogP contribution in [0.4, 0.5) is 0 Å². The van der Waals surface area contributed by atoms with E-state index >= 15 is 0 Å². The fraction of sp³-hybridized carbons (Fsp3) is 0.609. The fourth-order valence-corrected chi connectivity index (χ4v) is 4.16. The number of carbonyl (C=O) groups is 6. The molecule has 2 heterocycles. The summed E-state index contributed by atoms with van der Waals surface area (Å²) in [7, 11) is 0. The Balaban J connectivity index is 1.97. The lowest BCUT2D eigenvalue weighted by atomic mass is 10.1. The number of nitrogens with two attached hydrogens (primary N) is 3. The summed E-state index contributed by atoms with van der Waals surface area (Å²) in [6.45, 7) is 0.203. The van der Waals surface area contributed by atoms with Crippen LogP contribution in [-0.2, 0) is 35.2 Å². The molecular formula is C23H37N9O7. The smallest absolute Gasteiger partial charge is 0.326 e. The molecule has 2 rings (SSSR count). The maximum absolute atomic E-state index is 13.0. The molecule has 39 heavy (non-hydrogen) atoms. The normalized spacial score (nSPS) is 17.1. The molecule has 1 aromatic rings. The Kier molecular flexibility index (Phi) is 12.3. The third-order valence-electron chi connectivity index (χ3n) is 6.22. The number of aromatic amines is 1. The minimum absolute atomic E-state index is 0.109. The number of hydrogen-bond donors (Lipinski definition) is 8. The van der Waals surface area contributed by atoms with Crippen molar-refractivity contribution < 1.29 is 33.9 Å². The highest BCUT2D eigenvalue weighted by Crippen LogP contribution is 2.18. The van der Waals surface area contributed by atoms with Crippen LogP contribution in [0, 0.1) is 0 Å². The highest BCUT2D eigenvalue weighted by molar-refractivity contribution is 5.96. The number of amides is 5. The molecule has 0 aliphatic carbocycles. The van der Waals surface area contributed by atoms with E-state index in [9.17, 15) is 33.9 Å². The molecule has 1 saturated heterocycles. The van der Waals surface area contributed by atoms with Crippen LogP contribution in [0.15, 0.2) is 12.5 Å². The van der Waals surface area contributed by atoms with Crippen LogP contribution in [0.1, 0.15) is 44.2 Å². The number of H-pyrrole nitrogens is 1. The number of nitrogens with zero attached hydrogens (tertiary/aromatic N) is 2. The number of carbonyl (C=O) groups excluding carboxylic acids is 5. The Morgan fingerprint density at radius 1 is 1.13 bits per heavy atom. The van der Waals surface area contributed by atoms with Crippen molar-refractivity contribution >= 4 is 35.5 Å². The van der Waals surface area contributed by atoms with Gasteiger partial charge in [-0.1, -0.05) is 0 Å². The second-order valence-corrected chi connectivity index (χ2v) is 9.27. The maximum Gasteiger partial charge on any atom is 0.326 e. The van der Waals surface area contributed by atoms with Crippen molar-refractivity contribution in [1.29, 1.82) is 0 Å². The minimum Gasteiger partial charge on any atom is -0.480 e. The van der Waals surface area contributed by atoms with Crippen molar-refractivity contribution in [1.82, 2.24) is 30.8 Å². The standard InChI is InChI=1S/C23H37N9O7/c24-6-2-1-4-15(23(38)39)30-21(36)16(9-18(26)33)31-22(37)17-5-3-7-32(17)19(34)11-28-20(35)14(25)8-13-10-27-12-29-13/h10,12,14-17H,1-9,11,24-25H2,(H2,26,33)(H,27,29)(H,28,35)(H,30,36)(H,31,37)(H,38,39)/t14-,15-,16-,17-/m0/s1. The van der Waals surface area contributed by atoms with Crippen molar-refractivity contribution in [3.05, 3.63) is 18.2 Å². The van der Waals surface area contributed by atoms with Gasteiger partial charge in [0.2, 0.25) is 29.5 Å². The van der Waals surface area contributed by atoms with Crippen LogP contribution in [0.25, 0.3) is 0 Å².